The van der Waals surface area contributed by atoms with Crippen molar-refractivity contribution < 1.29 is 14.3 Å². The van der Waals surface area contributed by atoms with Crippen LogP contribution >= 0.6 is 0 Å². The van der Waals surface area contributed by atoms with Crippen LogP contribution in [-0.2, 0) is 9.84 Å². The molecule has 53 heavy (non-hydrogen) atoms. The zero-order valence-corrected chi connectivity index (χ0v) is 34.3. The Hall–Kier alpha value is -3.50. The zero-order valence-electron chi connectivity index (χ0n) is 33.3. The molecule has 0 spiro atoms. The van der Waals surface area contributed by atoms with Crippen molar-refractivity contribution in [1.29, 1.82) is 0 Å². The van der Waals surface area contributed by atoms with Crippen molar-refractivity contribution in [3.8, 4) is 0 Å². The van der Waals surface area contributed by atoms with E-state index < -0.39 is 13.9 Å². The summed E-state index contributed by atoms with van der Waals surface area (Å²) in [4.78, 5) is 29.7. The molecule has 0 bridgehead atoms. The van der Waals surface area contributed by atoms with Gasteiger partial charge >= 0.3 is 11.7 Å². The molecule has 1 saturated heterocycles. The minimum absolute atomic E-state index is 0.0771. The van der Waals surface area contributed by atoms with Gasteiger partial charge in [-0.2, -0.15) is 0 Å². The van der Waals surface area contributed by atoms with Crippen LogP contribution in [0.5, 0.6) is 0 Å². The van der Waals surface area contributed by atoms with E-state index in [0.29, 0.717) is 24.5 Å². The Kier molecular flexibility index (Phi) is 11.3. The molecular formula is C44H62N4O4Si. The number of nitrogens with one attached hydrogen (secondary N) is 1. The van der Waals surface area contributed by atoms with E-state index in [1.807, 2.05) is 26.0 Å². The number of hydrogen-bond donors (Lipinski definition) is 2. The lowest BCUT2D eigenvalue weighted by Crippen LogP contribution is -2.68. The molecule has 6 rings (SSSR count). The molecule has 9 heteroatoms. The van der Waals surface area contributed by atoms with Gasteiger partial charge < -0.3 is 19.7 Å². The number of likely N-dealkylation sites (tertiary alicyclic amines) is 1. The molecule has 0 atom stereocenters. The van der Waals surface area contributed by atoms with Crippen LogP contribution < -0.4 is 21.4 Å². The van der Waals surface area contributed by atoms with Crippen molar-refractivity contribution in [2.24, 2.45) is 5.92 Å². The van der Waals surface area contributed by atoms with Crippen molar-refractivity contribution in [2.75, 3.05) is 26.2 Å². The summed E-state index contributed by atoms with van der Waals surface area (Å²) in [5, 5.41) is 17.5. The fourth-order valence-corrected chi connectivity index (χ4v) is 13.7. The summed E-state index contributed by atoms with van der Waals surface area (Å²) in [5.74, 6) is 0.319. The first-order valence-electron chi connectivity index (χ1n) is 19.8. The average Bonchev–Trinajstić information content (AvgIpc) is 3.42. The van der Waals surface area contributed by atoms with Gasteiger partial charge in [-0.25, -0.2) is 14.2 Å². The van der Waals surface area contributed by atoms with Crippen LogP contribution in [0.3, 0.4) is 0 Å². The molecule has 1 amide bonds. The molecule has 0 unspecified atom stereocenters. The van der Waals surface area contributed by atoms with Gasteiger partial charge in [0.1, 0.15) is 0 Å². The van der Waals surface area contributed by atoms with Crippen LogP contribution in [0.1, 0.15) is 106 Å². The van der Waals surface area contributed by atoms with Crippen LogP contribution in [0.15, 0.2) is 83.7 Å². The maximum absolute atomic E-state index is 13.7. The minimum atomic E-state index is -2.64. The number of piperidine rings is 1. The first-order chi connectivity index (χ1) is 25.0. The topological polar surface area (TPSA) is 88.7 Å². The lowest BCUT2D eigenvalue weighted by Gasteiger charge is -2.48. The Morgan fingerprint density at radius 2 is 1.43 bits per heavy atom. The Balaban J connectivity index is 1.05. The molecule has 8 nitrogen and oxygen atoms in total. The van der Waals surface area contributed by atoms with E-state index in [4.69, 9.17) is 4.43 Å². The number of carbonyl (C=O) groups is 1. The molecular weight excluding hydrogens is 677 g/mol. The largest absolute Gasteiger partial charge is 0.404 e. The van der Waals surface area contributed by atoms with Crippen molar-refractivity contribution in [1.82, 2.24) is 19.4 Å². The van der Waals surface area contributed by atoms with Gasteiger partial charge in [-0.15, -0.1) is 0 Å². The van der Waals surface area contributed by atoms with Gasteiger partial charge in [-0.3, -0.25) is 4.57 Å². The lowest BCUT2D eigenvalue weighted by molar-refractivity contribution is -0.0544. The summed E-state index contributed by atoms with van der Waals surface area (Å²) in [7, 11) is -2.64. The molecule has 1 saturated carbocycles. The highest BCUT2D eigenvalue weighted by Gasteiger charge is 2.52. The van der Waals surface area contributed by atoms with E-state index in [1.54, 1.807) is 4.57 Å². The molecule has 0 radical (unpaired) electrons. The molecule has 2 fully saturated rings. The fourth-order valence-electron chi connectivity index (χ4n) is 8.97. The van der Waals surface area contributed by atoms with Gasteiger partial charge in [0.2, 0.25) is 0 Å². The van der Waals surface area contributed by atoms with Crippen molar-refractivity contribution in [3.63, 3.8) is 0 Å². The second-order valence-corrected chi connectivity index (χ2v) is 22.4. The molecule has 2 N–H and O–H groups in total. The molecule has 1 aliphatic heterocycles. The van der Waals surface area contributed by atoms with E-state index in [-0.39, 0.29) is 34.3 Å². The van der Waals surface area contributed by atoms with Gasteiger partial charge in [0.05, 0.1) is 16.6 Å². The Morgan fingerprint density at radius 1 is 0.868 bits per heavy atom. The van der Waals surface area contributed by atoms with Crippen LogP contribution in [0.25, 0.3) is 11.0 Å². The van der Waals surface area contributed by atoms with Crippen LogP contribution in [-0.4, -0.2) is 71.4 Å². The number of benzene rings is 3. The van der Waals surface area contributed by atoms with E-state index >= 15 is 0 Å². The molecule has 1 aliphatic carbocycles. The number of amides is 1. The van der Waals surface area contributed by atoms with Crippen molar-refractivity contribution in [2.45, 2.75) is 122 Å². The predicted octanol–water partition coefficient (Wildman–Crippen LogP) is 7.20. The highest BCUT2D eigenvalue weighted by atomic mass is 28.4. The number of nitrogens with zero attached hydrogens (tertiary/aromatic N) is 3. The third-order valence-electron chi connectivity index (χ3n) is 11.8. The number of aliphatic hydroxyl groups is 1. The quantitative estimate of drug-likeness (QED) is 0.178. The SMILES string of the molecule is CC(C)n1c(=O)n(C(=O)NCC2CCN(CC3(O)CCC(O[Si](c4ccccc4)(c4ccccc4)C(C)(C)C)CC3)CC2)c2cccc(C(C)(C)C)c21. The Labute approximate surface area is 317 Å². The lowest BCUT2D eigenvalue weighted by atomic mass is 9.82. The highest BCUT2D eigenvalue weighted by Crippen LogP contribution is 2.41. The summed E-state index contributed by atoms with van der Waals surface area (Å²) in [5.41, 5.74) is 1.35. The molecule has 2 heterocycles. The number of fused-ring (bicyclic) bond motifs is 1. The van der Waals surface area contributed by atoms with E-state index in [1.165, 1.54) is 14.9 Å². The summed E-state index contributed by atoms with van der Waals surface area (Å²) >= 11 is 0. The Bertz CT molecular complexity index is 1870. The average molecular weight is 739 g/mol. The van der Waals surface area contributed by atoms with Crippen LogP contribution in [0, 0.1) is 5.92 Å². The van der Waals surface area contributed by atoms with Gasteiger partial charge in [0.25, 0.3) is 8.32 Å². The number of β-amino-alcohol motifs (C(OH)–C–C–N with tert-alkyl or cyclic N) is 1. The summed E-state index contributed by atoms with van der Waals surface area (Å²) < 4.78 is 10.5. The second-order valence-electron chi connectivity index (χ2n) is 18.1. The van der Waals surface area contributed by atoms with Crippen molar-refractivity contribution in [3.05, 3.63) is 94.9 Å². The second kappa shape index (κ2) is 15.3. The summed E-state index contributed by atoms with van der Waals surface area (Å²) in [6.07, 6.45) is 5.10. The van der Waals surface area contributed by atoms with Crippen LogP contribution in [0.4, 0.5) is 4.79 Å². The molecule has 3 aromatic carbocycles. The van der Waals surface area contributed by atoms with Crippen LogP contribution in [0.2, 0.25) is 5.04 Å². The zero-order chi connectivity index (χ0) is 38.2. The number of carbonyl (C=O) groups excluding carboxylic acids is 1. The molecule has 1 aromatic heterocycles. The number of hydrogen-bond acceptors (Lipinski definition) is 5. The Morgan fingerprint density at radius 3 is 1.94 bits per heavy atom. The normalized spacial score (nSPS) is 21.0. The number of para-hydroxylation sites is 1. The van der Waals surface area contributed by atoms with E-state index in [0.717, 1.165) is 62.7 Å². The number of aromatic nitrogens is 2. The van der Waals surface area contributed by atoms with Crippen molar-refractivity contribution >= 4 is 35.8 Å². The first-order valence-corrected chi connectivity index (χ1v) is 21.7. The fraction of sp³-hybridized carbons (Fsp3) is 0.545. The maximum atomic E-state index is 13.7. The predicted molar refractivity (Wildman–Crippen MR) is 219 cm³/mol. The summed E-state index contributed by atoms with van der Waals surface area (Å²) in [6.45, 7) is 20.3. The third kappa shape index (κ3) is 8.00. The molecule has 2 aliphatic rings. The molecule has 286 valence electrons. The summed E-state index contributed by atoms with van der Waals surface area (Å²) in [6, 6.07) is 27.1. The minimum Gasteiger partial charge on any atom is -0.404 e. The number of rotatable bonds is 9. The maximum Gasteiger partial charge on any atom is 0.337 e. The number of imidazole rings is 1. The molecule has 4 aromatic rings. The standard InChI is InChI=1S/C44H62N4O4Si/c1-32(2)47-39-37(42(3,4)5)20-15-21-38(39)48(41(47)50)40(49)45-30-33-24-28-46(29-25-33)31-44(51)26-22-34(23-27-44)52-53(43(6,7)8,35-16-11-9-12-17-35)36-18-13-10-14-19-36/h9-21,32-34,51H,22-31H2,1-8H3,(H,45,49). The first kappa shape index (κ1) is 39.2. The highest BCUT2D eigenvalue weighted by molar-refractivity contribution is 6.99. The third-order valence-corrected chi connectivity index (χ3v) is 16.9. The van der Waals surface area contributed by atoms with E-state index in [9.17, 15) is 14.7 Å². The van der Waals surface area contributed by atoms with Gasteiger partial charge in [0, 0.05) is 25.2 Å². The monoisotopic (exact) mass is 738 g/mol. The van der Waals surface area contributed by atoms with Gasteiger partial charge in [-0.05, 0) is 104 Å². The van der Waals surface area contributed by atoms with E-state index in [2.05, 4.69) is 118 Å². The van der Waals surface area contributed by atoms with Gasteiger partial charge in [0.15, 0.2) is 0 Å². The smallest absolute Gasteiger partial charge is 0.337 e. The van der Waals surface area contributed by atoms with Gasteiger partial charge in [-0.1, -0.05) is 114 Å².